The summed E-state index contributed by atoms with van der Waals surface area (Å²) < 4.78 is 11.2. The van der Waals surface area contributed by atoms with Crippen molar-refractivity contribution in [1.82, 2.24) is 5.32 Å². The van der Waals surface area contributed by atoms with E-state index in [1.54, 1.807) is 14.2 Å². The zero-order valence-corrected chi connectivity index (χ0v) is 14.9. The van der Waals surface area contributed by atoms with Crippen LogP contribution >= 0.6 is 11.8 Å². The van der Waals surface area contributed by atoms with E-state index in [-0.39, 0.29) is 0 Å². The van der Waals surface area contributed by atoms with Gasteiger partial charge in [0.1, 0.15) is 11.5 Å². The lowest BCUT2D eigenvalue weighted by Gasteiger charge is -2.24. The first-order valence-corrected chi connectivity index (χ1v) is 9.38. The van der Waals surface area contributed by atoms with Crippen LogP contribution in [0, 0.1) is 0 Å². The Labute approximate surface area is 139 Å². The van der Waals surface area contributed by atoms with Crippen LogP contribution in [0.25, 0.3) is 0 Å². The van der Waals surface area contributed by atoms with Crippen molar-refractivity contribution >= 4 is 11.8 Å². The van der Waals surface area contributed by atoms with E-state index in [1.165, 1.54) is 42.6 Å². The Hall–Kier alpha value is -0.870. The van der Waals surface area contributed by atoms with Crippen LogP contribution in [0.4, 0.5) is 0 Å². The van der Waals surface area contributed by atoms with Gasteiger partial charge in [-0.15, -0.1) is 11.8 Å². The average molecular weight is 324 g/mol. The van der Waals surface area contributed by atoms with Gasteiger partial charge < -0.3 is 14.8 Å². The molecular weight excluding hydrogens is 294 g/mol. The third-order valence-corrected chi connectivity index (χ3v) is 5.32. The molecule has 1 N–H and O–H groups in total. The number of rotatable bonds is 8. The van der Waals surface area contributed by atoms with Gasteiger partial charge in [0.2, 0.25) is 0 Å². The maximum absolute atomic E-state index is 5.64. The van der Waals surface area contributed by atoms with Gasteiger partial charge in [0, 0.05) is 6.04 Å². The second-order valence-corrected chi connectivity index (χ2v) is 7.00. The van der Waals surface area contributed by atoms with Crippen LogP contribution in [0.5, 0.6) is 11.5 Å². The molecule has 1 aliphatic heterocycles. The quantitative estimate of drug-likeness (QED) is 0.571. The monoisotopic (exact) mass is 323 g/mol. The zero-order chi connectivity index (χ0) is 15.8. The van der Waals surface area contributed by atoms with E-state index in [0.29, 0.717) is 6.04 Å². The molecule has 0 aromatic heterocycles. The summed E-state index contributed by atoms with van der Waals surface area (Å²) in [5.41, 5.74) is 1.25. The number of piperidine rings is 1. The zero-order valence-electron chi connectivity index (χ0n) is 14.1. The van der Waals surface area contributed by atoms with Crippen molar-refractivity contribution in [1.29, 1.82) is 0 Å². The second kappa shape index (κ2) is 9.31. The lowest BCUT2D eigenvalue weighted by molar-refractivity contribution is 0.373. The molecule has 0 spiro atoms. The highest BCUT2D eigenvalue weighted by Gasteiger charge is 2.18. The summed E-state index contributed by atoms with van der Waals surface area (Å²) in [6.07, 6.45) is 7.33. The van der Waals surface area contributed by atoms with E-state index in [0.717, 1.165) is 30.2 Å². The van der Waals surface area contributed by atoms with Gasteiger partial charge in [-0.2, -0.15) is 0 Å². The number of hydrogen-bond acceptors (Lipinski definition) is 4. The maximum Gasteiger partial charge on any atom is 0.132 e. The van der Waals surface area contributed by atoms with Gasteiger partial charge in [0.05, 0.1) is 19.1 Å². The van der Waals surface area contributed by atoms with Crippen LogP contribution in [0.2, 0.25) is 0 Å². The molecule has 0 bridgehead atoms. The Morgan fingerprint density at radius 2 is 2.00 bits per heavy atom. The lowest BCUT2D eigenvalue weighted by Crippen LogP contribution is -2.35. The van der Waals surface area contributed by atoms with Gasteiger partial charge in [0.15, 0.2) is 0 Å². The predicted octanol–water partition coefficient (Wildman–Crippen LogP) is 4.28. The summed E-state index contributed by atoms with van der Waals surface area (Å²) in [5.74, 6) is 3.10. The third-order valence-electron chi connectivity index (χ3n) is 4.20. The molecule has 0 amide bonds. The molecule has 22 heavy (non-hydrogen) atoms. The fraction of sp³-hybridized carbons (Fsp3) is 0.667. The van der Waals surface area contributed by atoms with E-state index in [2.05, 4.69) is 24.4 Å². The van der Waals surface area contributed by atoms with Crippen LogP contribution in [0.15, 0.2) is 17.0 Å². The van der Waals surface area contributed by atoms with Crippen LogP contribution in [0.1, 0.15) is 44.6 Å². The van der Waals surface area contributed by atoms with Crippen molar-refractivity contribution in [2.45, 2.75) is 56.4 Å². The van der Waals surface area contributed by atoms with Gasteiger partial charge in [-0.25, -0.2) is 0 Å². The number of hydrogen-bond donors (Lipinski definition) is 1. The molecule has 1 aliphatic rings. The standard InChI is InChI=1S/C18H29NO2S/c1-4-5-10-22-18-13-16(20-2)14(12-17(18)21-3)11-15-8-6-7-9-19-15/h12-13,15,19H,4-11H2,1-3H3. The minimum Gasteiger partial charge on any atom is -0.496 e. The first kappa shape index (κ1) is 17.5. The van der Waals surface area contributed by atoms with Gasteiger partial charge in [-0.1, -0.05) is 19.8 Å². The molecule has 1 aromatic rings. The summed E-state index contributed by atoms with van der Waals surface area (Å²) in [7, 11) is 3.52. The van der Waals surface area contributed by atoms with Crippen molar-refractivity contribution < 1.29 is 9.47 Å². The number of benzene rings is 1. The SMILES string of the molecule is CCCCSc1cc(OC)c(CC2CCCCN2)cc1OC. The van der Waals surface area contributed by atoms with Crippen LogP contribution in [-0.2, 0) is 6.42 Å². The fourth-order valence-electron chi connectivity index (χ4n) is 2.90. The third kappa shape index (κ3) is 4.82. The van der Waals surface area contributed by atoms with E-state index >= 15 is 0 Å². The first-order valence-electron chi connectivity index (χ1n) is 8.39. The lowest BCUT2D eigenvalue weighted by atomic mass is 9.97. The van der Waals surface area contributed by atoms with Crippen molar-refractivity contribution in [3.63, 3.8) is 0 Å². The molecule has 4 heteroatoms. The van der Waals surface area contributed by atoms with Gasteiger partial charge >= 0.3 is 0 Å². The van der Waals surface area contributed by atoms with E-state index in [1.807, 2.05) is 11.8 Å². The summed E-state index contributed by atoms with van der Waals surface area (Å²) >= 11 is 1.86. The molecular formula is C18H29NO2S. The summed E-state index contributed by atoms with van der Waals surface area (Å²) in [6.45, 7) is 3.35. The van der Waals surface area contributed by atoms with Gasteiger partial charge in [-0.05, 0) is 55.7 Å². The maximum atomic E-state index is 5.64. The van der Waals surface area contributed by atoms with Gasteiger partial charge in [0.25, 0.3) is 0 Å². The Morgan fingerprint density at radius 1 is 1.18 bits per heavy atom. The molecule has 1 saturated heterocycles. The van der Waals surface area contributed by atoms with Crippen LogP contribution in [-0.4, -0.2) is 32.6 Å². The van der Waals surface area contributed by atoms with Crippen molar-refractivity contribution in [2.75, 3.05) is 26.5 Å². The Morgan fingerprint density at radius 3 is 2.64 bits per heavy atom. The number of methoxy groups -OCH3 is 2. The summed E-state index contributed by atoms with van der Waals surface area (Å²) in [4.78, 5) is 1.19. The molecule has 0 aliphatic carbocycles. The molecule has 3 nitrogen and oxygen atoms in total. The summed E-state index contributed by atoms with van der Waals surface area (Å²) in [5, 5.41) is 3.61. The molecule has 2 rings (SSSR count). The largest absolute Gasteiger partial charge is 0.496 e. The van der Waals surface area contributed by atoms with E-state index in [4.69, 9.17) is 9.47 Å². The molecule has 1 heterocycles. The molecule has 1 unspecified atom stereocenters. The topological polar surface area (TPSA) is 30.5 Å². The van der Waals surface area contributed by atoms with Crippen LogP contribution in [0.3, 0.4) is 0 Å². The highest BCUT2D eigenvalue weighted by molar-refractivity contribution is 7.99. The molecule has 1 aromatic carbocycles. The highest BCUT2D eigenvalue weighted by atomic mass is 32.2. The number of thioether (sulfide) groups is 1. The smallest absolute Gasteiger partial charge is 0.132 e. The Kier molecular flexibility index (Phi) is 7.40. The van der Waals surface area contributed by atoms with E-state index in [9.17, 15) is 0 Å². The fourth-order valence-corrected chi connectivity index (χ4v) is 4.02. The van der Waals surface area contributed by atoms with Crippen molar-refractivity contribution in [3.8, 4) is 11.5 Å². The minimum atomic E-state index is 0.561. The number of nitrogens with one attached hydrogen (secondary N) is 1. The molecule has 1 atom stereocenters. The van der Waals surface area contributed by atoms with Crippen molar-refractivity contribution in [3.05, 3.63) is 17.7 Å². The molecule has 0 saturated carbocycles. The normalized spacial score (nSPS) is 18.2. The molecule has 124 valence electrons. The first-order chi connectivity index (χ1) is 10.8. The van der Waals surface area contributed by atoms with Crippen LogP contribution < -0.4 is 14.8 Å². The Balaban J connectivity index is 2.14. The molecule has 0 radical (unpaired) electrons. The summed E-state index contributed by atoms with van der Waals surface area (Å²) in [6, 6.07) is 4.88. The predicted molar refractivity (Wildman–Crippen MR) is 94.5 cm³/mol. The number of ether oxygens (including phenoxy) is 2. The second-order valence-electron chi connectivity index (χ2n) is 5.87. The van der Waals surface area contributed by atoms with Crippen molar-refractivity contribution in [2.24, 2.45) is 0 Å². The van der Waals surface area contributed by atoms with E-state index < -0.39 is 0 Å². The highest BCUT2D eigenvalue weighted by Crippen LogP contribution is 2.37. The Bertz CT molecular complexity index is 459. The average Bonchev–Trinajstić information content (AvgIpc) is 2.56. The van der Waals surface area contributed by atoms with Gasteiger partial charge in [-0.3, -0.25) is 0 Å². The molecule has 1 fully saturated rings. The number of unbranched alkanes of at least 4 members (excludes halogenated alkanes) is 1. The minimum absolute atomic E-state index is 0.561.